The van der Waals surface area contributed by atoms with Crippen molar-refractivity contribution in [3.05, 3.63) is 53.8 Å². The van der Waals surface area contributed by atoms with E-state index in [1.807, 2.05) is 24.3 Å². The monoisotopic (exact) mass is 407 g/mol. The highest BCUT2D eigenvalue weighted by Crippen LogP contribution is 2.48. The Kier molecular flexibility index (Phi) is 4.71. The predicted octanol–water partition coefficient (Wildman–Crippen LogP) is 5.05. The average Bonchev–Trinajstić information content (AvgIpc) is 2.79. The molecular weight excluding hydrogens is 385 g/mol. The van der Waals surface area contributed by atoms with Gasteiger partial charge in [0.2, 0.25) is 0 Å². The molecule has 0 spiro atoms. The van der Waals surface area contributed by atoms with Gasteiger partial charge in [-0.15, -0.1) is 0 Å². The van der Waals surface area contributed by atoms with Crippen LogP contribution < -0.4 is 4.74 Å². The summed E-state index contributed by atoms with van der Waals surface area (Å²) in [5.41, 5.74) is 1.98. The third kappa shape index (κ3) is 3.28. The Labute approximate surface area is 174 Å². The van der Waals surface area contributed by atoms with Gasteiger partial charge in [-0.25, -0.2) is 8.79 Å². The summed E-state index contributed by atoms with van der Waals surface area (Å²) >= 11 is 1.68. The second-order valence-corrected chi connectivity index (χ2v) is 8.92. The molecule has 3 heterocycles. The molecular formula is C23H22FN3OS. The van der Waals surface area contributed by atoms with Crippen LogP contribution in [0, 0.1) is 22.6 Å². The molecule has 4 nitrogen and oxygen atoms in total. The molecule has 6 rings (SSSR count). The summed E-state index contributed by atoms with van der Waals surface area (Å²) in [6.45, 7) is 1.75. The maximum absolute atomic E-state index is 13.4. The van der Waals surface area contributed by atoms with Crippen molar-refractivity contribution < 1.29 is 9.13 Å². The van der Waals surface area contributed by atoms with E-state index in [1.165, 1.54) is 30.8 Å². The van der Waals surface area contributed by atoms with Crippen LogP contribution in [-0.4, -0.2) is 35.7 Å². The Morgan fingerprint density at radius 1 is 1.21 bits per heavy atom. The summed E-state index contributed by atoms with van der Waals surface area (Å²) < 4.78 is 24.5. The van der Waals surface area contributed by atoms with E-state index in [2.05, 4.69) is 11.0 Å². The van der Waals surface area contributed by atoms with Gasteiger partial charge in [-0.3, -0.25) is 0 Å². The summed E-state index contributed by atoms with van der Waals surface area (Å²) in [5, 5.41) is 9.28. The number of ether oxygens (including phenoxy) is 1. The number of piperidine rings is 2. The SMILES string of the molecule is N#Cc1cc(F)ccc1-c1ccc(OCC23CCC(CC2)N2CCSN=C23)cc1. The first-order valence-electron chi connectivity index (χ1n) is 10.1. The van der Waals surface area contributed by atoms with Crippen LogP contribution in [0.25, 0.3) is 11.1 Å². The number of fused-ring (bicyclic) bond motifs is 2. The molecule has 4 aliphatic rings. The fourth-order valence-corrected chi connectivity index (χ4v) is 5.66. The second-order valence-electron chi connectivity index (χ2n) is 8.07. The zero-order valence-corrected chi connectivity index (χ0v) is 16.9. The number of hydrogen-bond acceptors (Lipinski definition) is 5. The lowest BCUT2D eigenvalue weighted by atomic mass is 9.67. The standard InChI is InChI=1S/C23H22FN3OS/c24-18-3-6-21(17(13-18)14-25)16-1-4-20(5-2-16)28-15-23-9-7-19(8-10-23)27-11-12-29-26-22(23)27/h1-6,13,19H,7-12,15H2. The van der Waals surface area contributed by atoms with Gasteiger partial charge in [-0.2, -0.15) is 5.26 Å². The van der Waals surface area contributed by atoms with Crippen LogP contribution in [0.2, 0.25) is 0 Å². The molecule has 0 N–H and O–H groups in total. The molecule has 29 heavy (non-hydrogen) atoms. The quantitative estimate of drug-likeness (QED) is 0.666. The van der Waals surface area contributed by atoms with E-state index < -0.39 is 5.82 Å². The van der Waals surface area contributed by atoms with E-state index in [1.54, 1.807) is 18.0 Å². The number of benzene rings is 2. The molecule has 2 saturated heterocycles. The Hall–Kier alpha value is -2.52. The van der Waals surface area contributed by atoms with Crippen molar-refractivity contribution in [3.8, 4) is 22.9 Å². The molecule has 148 valence electrons. The van der Waals surface area contributed by atoms with E-state index >= 15 is 0 Å². The first-order chi connectivity index (χ1) is 14.2. The third-order valence-corrected chi connectivity index (χ3v) is 7.12. The lowest BCUT2D eigenvalue weighted by molar-refractivity contribution is 0.0662. The van der Waals surface area contributed by atoms with E-state index in [9.17, 15) is 9.65 Å². The zero-order chi connectivity index (χ0) is 19.8. The van der Waals surface area contributed by atoms with Crippen molar-refractivity contribution >= 4 is 17.8 Å². The van der Waals surface area contributed by atoms with Crippen molar-refractivity contribution in [2.45, 2.75) is 31.7 Å². The summed E-state index contributed by atoms with van der Waals surface area (Å²) in [4.78, 5) is 2.52. The van der Waals surface area contributed by atoms with Crippen LogP contribution in [0.4, 0.5) is 4.39 Å². The molecule has 3 aliphatic heterocycles. The Morgan fingerprint density at radius 2 is 2.00 bits per heavy atom. The lowest BCUT2D eigenvalue weighted by Gasteiger charge is -2.55. The molecule has 0 amide bonds. The van der Waals surface area contributed by atoms with Gasteiger partial charge in [0, 0.05) is 18.3 Å². The minimum absolute atomic E-state index is 0.0335. The fourth-order valence-electron chi connectivity index (χ4n) is 4.87. The number of rotatable bonds is 4. The van der Waals surface area contributed by atoms with E-state index in [-0.39, 0.29) is 5.41 Å². The number of nitriles is 1. The molecule has 2 bridgehead atoms. The Bertz CT molecular complexity index is 990. The number of nitrogens with zero attached hydrogens (tertiary/aromatic N) is 3. The summed E-state index contributed by atoms with van der Waals surface area (Å²) in [7, 11) is 0. The number of halogens is 1. The Morgan fingerprint density at radius 3 is 2.76 bits per heavy atom. The van der Waals surface area contributed by atoms with Gasteiger partial charge < -0.3 is 9.64 Å². The molecule has 3 fully saturated rings. The largest absolute Gasteiger partial charge is 0.493 e. The van der Waals surface area contributed by atoms with Gasteiger partial charge in [0.05, 0.1) is 17.0 Å². The summed E-state index contributed by atoms with van der Waals surface area (Å²) in [6.07, 6.45) is 4.75. The van der Waals surface area contributed by atoms with Crippen molar-refractivity contribution in [3.63, 3.8) is 0 Å². The van der Waals surface area contributed by atoms with Crippen molar-refractivity contribution in [1.82, 2.24) is 4.90 Å². The fraction of sp³-hybridized carbons (Fsp3) is 0.391. The maximum atomic E-state index is 13.4. The van der Waals surface area contributed by atoms with Crippen molar-refractivity contribution in [2.75, 3.05) is 18.9 Å². The van der Waals surface area contributed by atoms with Crippen LogP contribution in [0.3, 0.4) is 0 Å². The zero-order valence-electron chi connectivity index (χ0n) is 16.1. The van der Waals surface area contributed by atoms with Gasteiger partial charge in [0.1, 0.15) is 24.0 Å². The van der Waals surface area contributed by atoms with Gasteiger partial charge in [0.15, 0.2) is 0 Å². The highest BCUT2D eigenvalue weighted by atomic mass is 32.2. The average molecular weight is 408 g/mol. The van der Waals surface area contributed by atoms with Crippen LogP contribution in [-0.2, 0) is 0 Å². The molecule has 0 unspecified atom stereocenters. The minimum atomic E-state index is -0.399. The predicted molar refractivity (Wildman–Crippen MR) is 113 cm³/mol. The molecule has 0 radical (unpaired) electrons. The molecule has 2 aromatic rings. The lowest BCUT2D eigenvalue weighted by Crippen LogP contribution is -2.61. The van der Waals surface area contributed by atoms with Gasteiger partial charge in [0.25, 0.3) is 0 Å². The molecule has 0 aromatic heterocycles. The molecule has 2 aromatic carbocycles. The van der Waals surface area contributed by atoms with Crippen molar-refractivity contribution in [1.29, 1.82) is 5.26 Å². The number of amidine groups is 1. The highest BCUT2D eigenvalue weighted by molar-refractivity contribution is 7.98. The summed E-state index contributed by atoms with van der Waals surface area (Å²) in [5.74, 6) is 2.74. The van der Waals surface area contributed by atoms with Crippen LogP contribution >= 0.6 is 11.9 Å². The second kappa shape index (κ2) is 7.38. The van der Waals surface area contributed by atoms with E-state index in [0.717, 1.165) is 42.0 Å². The molecule has 6 heteroatoms. The van der Waals surface area contributed by atoms with Gasteiger partial charge in [-0.1, -0.05) is 18.2 Å². The normalized spacial score (nSPS) is 25.2. The Balaban J connectivity index is 1.33. The highest BCUT2D eigenvalue weighted by Gasteiger charge is 2.51. The maximum Gasteiger partial charge on any atom is 0.124 e. The van der Waals surface area contributed by atoms with Crippen molar-refractivity contribution in [2.24, 2.45) is 9.81 Å². The summed E-state index contributed by atoms with van der Waals surface area (Å²) in [6, 6.07) is 14.8. The van der Waals surface area contributed by atoms with Gasteiger partial charge >= 0.3 is 0 Å². The van der Waals surface area contributed by atoms with Crippen LogP contribution in [0.15, 0.2) is 46.9 Å². The van der Waals surface area contributed by atoms with E-state index in [4.69, 9.17) is 9.13 Å². The first kappa shape index (κ1) is 18.5. The molecule has 1 saturated carbocycles. The van der Waals surface area contributed by atoms with Gasteiger partial charge in [-0.05, 0) is 73.0 Å². The third-order valence-electron chi connectivity index (χ3n) is 6.46. The topological polar surface area (TPSA) is 48.6 Å². The minimum Gasteiger partial charge on any atom is -0.493 e. The van der Waals surface area contributed by atoms with Crippen LogP contribution in [0.1, 0.15) is 31.2 Å². The van der Waals surface area contributed by atoms with E-state index in [0.29, 0.717) is 18.2 Å². The van der Waals surface area contributed by atoms with Crippen LogP contribution in [0.5, 0.6) is 5.75 Å². The smallest absolute Gasteiger partial charge is 0.124 e. The molecule has 0 atom stereocenters. The molecule has 1 aliphatic carbocycles. The number of hydrogen-bond donors (Lipinski definition) is 0. The first-order valence-corrected chi connectivity index (χ1v) is 11.0.